The topological polar surface area (TPSA) is 52.3 Å². The van der Waals surface area contributed by atoms with Gasteiger partial charge in [0.2, 0.25) is 0 Å². The lowest BCUT2D eigenvalue weighted by Gasteiger charge is -2.13. The van der Waals surface area contributed by atoms with E-state index in [0.717, 1.165) is 5.56 Å². The SMILES string of the molecule is COC(=O)C(CN)Cc1cccc2ccccc12.Cl. The maximum atomic E-state index is 11.6. The highest BCUT2D eigenvalue weighted by Gasteiger charge is 2.18. The molecule has 2 N–H and O–H groups in total. The summed E-state index contributed by atoms with van der Waals surface area (Å²) in [6, 6.07) is 14.2. The highest BCUT2D eigenvalue weighted by atomic mass is 35.5. The quantitative estimate of drug-likeness (QED) is 0.875. The molecule has 0 saturated carbocycles. The van der Waals surface area contributed by atoms with Crippen LogP contribution in [0.3, 0.4) is 0 Å². The minimum atomic E-state index is -0.277. The summed E-state index contributed by atoms with van der Waals surface area (Å²) in [5.41, 5.74) is 6.77. The molecule has 0 aliphatic rings. The van der Waals surface area contributed by atoms with Crippen LogP contribution in [0.25, 0.3) is 10.8 Å². The first-order valence-electron chi connectivity index (χ1n) is 6.00. The monoisotopic (exact) mass is 279 g/mol. The third kappa shape index (κ3) is 3.46. The van der Waals surface area contributed by atoms with Gasteiger partial charge in [0.25, 0.3) is 0 Å². The molecule has 0 fully saturated rings. The molecular formula is C15H18ClNO2. The highest BCUT2D eigenvalue weighted by molar-refractivity contribution is 5.86. The van der Waals surface area contributed by atoms with Crippen LogP contribution in [0.5, 0.6) is 0 Å². The second-order valence-electron chi connectivity index (χ2n) is 4.30. The number of hydrogen-bond acceptors (Lipinski definition) is 3. The van der Waals surface area contributed by atoms with Gasteiger partial charge < -0.3 is 10.5 Å². The maximum Gasteiger partial charge on any atom is 0.310 e. The van der Waals surface area contributed by atoms with Crippen molar-refractivity contribution in [2.24, 2.45) is 11.7 Å². The molecule has 2 rings (SSSR count). The van der Waals surface area contributed by atoms with E-state index in [0.29, 0.717) is 13.0 Å². The number of carbonyl (C=O) groups is 1. The number of esters is 1. The van der Waals surface area contributed by atoms with Gasteiger partial charge in [-0.05, 0) is 22.8 Å². The molecule has 4 heteroatoms. The molecule has 0 aliphatic heterocycles. The van der Waals surface area contributed by atoms with Gasteiger partial charge in [0.15, 0.2) is 0 Å². The normalized spacial score (nSPS) is 11.7. The number of methoxy groups -OCH3 is 1. The number of hydrogen-bond donors (Lipinski definition) is 1. The van der Waals surface area contributed by atoms with Crippen molar-refractivity contribution in [3.8, 4) is 0 Å². The maximum absolute atomic E-state index is 11.6. The van der Waals surface area contributed by atoms with Gasteiger partial charge in [0.05, 0.1) is 13.0 Å². The molecule has 0 spiro atoms. The first-order chi connectivity index (χ1) is 8.76. The number of benzene rings is 2. The van der Waals surface area contributed by atoms with Crippen LogP contribution in [-0.4, -0.2) is 19.6 Å². The molecule has 0 heterocycles. The number of carbonyl (C=O) groups excluding carboxylic acids is 1. The Kier molecular flexibility index (Phi) is 5.80. The van der Waals surface area contributed by atoms with Gasteiger partial charge >= 0.3 is 5.97 Å². The summed E-state index contributed by atoms with van der Waals surface area (Å²) in [6.07, 6.45) is 0.616. The van der Waals surface area contributed by atoms with Crippen LogP contribution in [0.1, 0.15) is 5.56 Å². The molecule has 3 nitrogen and oxygen atoms in total. The molecule has 1 unspecified atom stereocenters. The Morgan fingerprint density at radius 1 is 1.21 bits per heavy atom. The van der Waals surface area contributed by atoms with Crippen molar-refractivity contribution in [2.45, 2.75) is 6.42 Å². The molecule has 0 radical (unpaired) electrons. The van der Waals surface area contributed by atoms with Crippen LogP contribution in [0.2, 0.25) is 0 Å². The third-order valence-electron chi connectivity index (χ3n) is 3.17. The van der Waals surface area contributed by atoms with Crippen LogP contribution in [0, 0.1) is 5.92 Å². The van der Waals surface area contributed by atoms with Crippen LogP contribution in [0.4, 0.5) is 0 Å². The molecule has 19 heavy (non-hydrogen) atoms. The number of rotatable bonds is 4. The summed E-state index contributed by atoms with van der Waals surface area (Å²) in [7, 11) is 1.40. The van der Waals surface area contributed by atoms with Crippen LogP contribution in [-0.2, 0) is 16.0 Å². The average Bonchev–Trinajstić information content (AvgIpc) is 2.44. The zero-order valence-electron chi connectivity index (χ0n) is 10.8. The zero-order valence-corrected chi connectivity index (χ0v) is 11.7. The van der Waals surface area contributed by atoms with Crippen molar-refractivity contribution in [1.29, 1.82) is 0 Å². The summed E-state index contributed by atoms with van der Waals surface area (Å²) in [5, 5.41) is 2.35. The van der Waals surface area contributed by atoms with Crippen molar-refractivity contribution in [2.75, 3.05) is 13.7 Å². The predicted molar refractivity (Wildman–Crippen MR) is 79.5 cm³/mol. The first-order valence-corrected chi connectivity index (χ1v) is 6.00. The molecule has 0 bridgehead atoms. The van der Waals surface area contributed by atoms with E-state index in [1.165, 1.54) is 17.9 Å². The van der Waals surface area contributed by atoms with Crippen molar-refractivity contribution in [3.63, 3.8) is 0 Å². The van der Waals surface area contributed by atoms with Gasteiger partial charge in [-0.25, -0.2) is 0 Å². The largest absolute Gasteiger partial charge is 0.469 e. The van der Waals surface area contributed by atoms with Gasteiger partial charge in [-0.3, -0.25) is 4.79 Å². The van der Waals surface area contributed by atoms with Crippen molar-refractivity contribution >= 4 is 29.1 Å². The molecule has 0 amide bonds. The lowest BCUT2D eigenvalue weighted by molar-refractivity contribution is -0.145. The Morgan fingerprint density at radius 2 is 1.89 bits per heavy atom. The molecular weight excluding hydrogens is 262 g/mol. The van der Waals surface area contributed by atoms with Crippen LogP contribution >= 0.6 is 12.4 Å². The van der Waals surface area contributed by atoms with E-state index in [4.69, 9.17) is 10.5 Å². The van der Waals surface area contributed by atoms with Gasteiger partial charge in [-0.2, -0.15) is 0 Å². The summed E-state index contributed by atoms with van der Waals surface area (Å²) < 4.78 is 4.77. The molecule has 1 atom stereocenters. The van der Waals surface area contributed by atoms with E-state index in [1.807, 2.05) is 24.3 Å². The Morgan fingerprint density at radius 3 is 2.58 bits per heavy atom. The number of fused-ring (bicyclic) bond motifs is 1. The summed E-state index contributed by atoms with van der Waals surface area (Å²) >= 11 is 0. The fourth-order valence-electron chi connectivity index (χ4n) is 2.17. The summed E-state index contributed by atoms with van der Waals surface area (Å²) in [5.74, 6) is -0.522. The standard InChI is InChI=1S/C15H17NO2.ClH/c1-18-15(17)13(10-16)9-12-7-4-6-11-5-2-3-8-14(11)12;/h2-8,13H,9-10,16H2,1H3;1H. The van der Waals surface area contributed by atoms with E-state index in [9.17, 15) is 4.79 Å². The van der Waals surface area contributed by atoms with Crippen molar-refractivity contribution in [1.82, 2.24) is 0 Å². The van der Waals surface area contributed by atoms with E-state index in [1.54, 1.807) is 0 Å². The van der Waals surface area contributed by atoms with E-state index in [-0.39, 0.29) is 24.3 Å². The van der Waals surface area contributed by atoms with E-state index >= 15 is 0 Å². The molecule has 2 aromatic rings. The van der Waals surface area contributed by atoms with E-state index < -0.39 is 0 Å². The van der Waals surface area contributed by atoms with Gasteiger partial charge in [0.1, 0.15) is 0 Å². The average molecular weight is 280 g/mol. The minimum Gasteiger partial charge on any atom is -0.469 e. The smallest absolute Gasteiger partial charge is 0.310 e. The summed E-state index contributed by atoms with van der Waals surface area (Å²) in [4.78, 5) is 11.6. The first kappa shape index (κ1) is 15.5. The molecule has 0 saturated heterocycles. The number of ether oxygens (including phenoxy) is 1. The third-order valence-corrected chi connectivity index (χ3v) is 3.17. The fourth-order valence-corrected chi connectivity index (χ4v) is 2.17. The van der Waals surface area contributed by atoms with E-state index in [2.05, 4.69) is 18.2 Å². The van der Waals surface area contributed by atoms with Gasteiger partial charge in [-0.1, -0.05) is 42.5 Å². The van der Waals surface area contributed by atoms with Crippen molar-refractivity contribution < 1.29 is 9.53 Å². The lowest BCUT2D eigenvalue weighted by atomic mass is 9.95. The second-order valence-corrected chi connectivity index (χ2v) is 4.30. The van der Waals surface area contributed by atoms with Gasteiger partial charge in [-0.15, -0.1) is 12.4 Å². The number of nitrogens with two attached hydrogens (primary N) is 1. The molecule has 0 aromatic heterocycles. The van der Waals surface area contributed by atoms with Crippen LogP contribution in [0.15, 0.2) is 42.5 Å². The predicted octanol–water partition coefficient (Wildman–Crippen LogP) is 2.55. The van der Waals surface area contributed by atoms with Crippen LogP contribution < -0.4 is 5.73 Å². The zero-order chi connectivity index (χ0) is 13.0. The molecule has 0 aliphatic carbocycles. The Labute approximate surface area is 119 Å². The lowest BCUT2D eigenvalue weighted by Crippen LogP contribution is -2.26. The van der Waals surface area contributed by atoms with Crippen molar-refractivity contribution in [3.05, 3.63) is 48.0 Å². The Hall–Kier alpha value is -1.58. The highest BCUT2D eigenvalue weighted by Crippen LogP contribution is 2.21. The second kappa shape index (κ2) is 7.12. The fraction of sp³-hybridized carbons (Fsp3) is 0.267. The van der Waals surface area contributed by atoms with Gasteiger partial charge in [0, 0.05) is 6.54 Å². The Bertz CT molecular complexity index is 551. The Balaban J connectivity index is 0.00000180. The number of halogens is 1. The molecule has 102 valence electrons. The summed E-state index contributed by atoms with van der Waals surface area (Å²) in [6.45, 7) is 0.301. The minimum absolute atomic E-state index is 0. The molecule has 2 aromatic carbocycles.